The lowest BCUT2D eigenvalue weighted by Crippen LogP contribution is -2.29. The van der Waals surface area contributed by atoms with Crippen molar-refractivity contribution in [3.63, 3.8) is 0 Å². The maximum Gasteiger partial charge on any atom is 0.301 e. The van der Waals surface area contributed by atoms with Crippen LogP contribution in [0, 0.1) is 0 Å². The fourth-order valence-electron chi connectivity index (χ4n) is 5.41. The lowest BCUT2D eigenvalue weighted by atomic mass is 9.94. The topological polar surface area (TPSA) is 111 Å². The van der Waals surface area contributed by atoms with Gasteiger partial charge in [-0.05, 0) is 66.9 Å². The second-order valence-electron chi connectivity index (χ2n) is 10.6. The van der Waals surface area contributed by atoms with Crippen LogP contribution in [0.1, 0.15) is 42.1 Å². The zero-order chi connectivity index (χ0) is 32.4. The number of thioether (sulfide) groups is 1. The van der Waals surface area contributed by atoms with Gasteiger partial charge in [-0.25, -0.2) is 0 Å². The van der Waals surface area contributed by atoms with Gasteiger partial charge >= 0.3 is 5.91 Å². The molecular weight excluding hydrogens is 646 g/mol. The molecule has 0 unspecified atom stereocenters. The number of benzene rings is 3. The summed E-state index contributed by atoms with van der Waals surface area (Å²) >= 11 is 8.93. The highest BCUT2D eigenvalue weighted by Crippen LogP contribution is 2.46. The van der Waals surface area contributed by atoms with Gasteiger partial charge in [-0.1, -0.05) is 71.6 Å². The van der Waals surface area contributed by atoms with Crippen molar-refractivity contribution in [1.82, 2.24) is 10.2 Å². The Hall–Kier alpha value is -4.32. The highest BCUT2D eigenvalue weighted by molar-refractivity contribution is 8.00. The summed E-state index contributed by atoms with van der Waals surface area (Å²) < 4.78 is 18.1. The standard InChI is InChI=1S/C34H30ClN3O6S2/c1-4-14-43-26-13-10-20(17-27(26)42-5-2)29-28(30(39)21-11-12-25-23(16-21)15-19(3)44-25)31(40)32(41)38(29)33-36-37-34(46-33)45-18-22-8-6-7-9-24(22)35/h4,6-13,16-17,19,29,39H,1,5,14-15,18H2,2-3H3/b30-28+/t19-,29+/m0/s1. The maximum atomic E-state index is 13.8. The van der Waals surface area contributed by atoms with Crippen LogP contribution in [0.5, 0.6) is 17.2 Å². The summed E-state index contributed by atoms with van der Waals surface area (Å²) in [4.78, 5) is 28.9. The smallest absolute Gasteiger partial charge is 0.301 e. The van der Waals surface area contributed by atoms with Crippen LogP contribution in [0.3, 0.4) is 0 Å². The molecule has 3 heterocycles. The van der Waals surface area contributed by atoms with E-state index in [9.17, 15) is 14.7 Å². The molecule has 0 saturated carbocycles. The van der Waals surface area contributed by atoms with Crippen molar-refractivity contribution in [2.45, 2.75) is 42.5 Å². The van der Waals surface area contributed by atoms with E-state index in [0.717, 1.165) is 16.9 Å². The van der Waals surface area contributed by atoms with E-state index in [2.05, 4.69) is 16.8 Å². The first-order chi connectivity index (χ1) is 22.3. The van der Waals surface area contributed by atoms with Crippen molar-refractivity contribution in [3.8, 4) is 17.2 Å². The van der Waals surface area contributed by atoms with Gasteiger partial charge in [-0.2, -0.15) is 0 Å². The minimum absolute atomic E-state index is 0.000768. The van der Waals surface area contributed by atoms with E-state index in [1.807, 2.05) is 38.1 Å². The number of carbonyl (C=O) groups is 2. The number of amides is 1. The number of aromatic nitrogens is 2. The van der Waals surface area contributed by atoms with Crippen LogP contribution in [0.2, 0.25) is 5.02 Å². The Morgan fingerprint density at radius 2 is 1.98 bits per heavy atom. The number of anilines is 1. The molecule has 9 nitrogen and oxygen atoms in total. The van der Waals surface area contributed by atoms with E-state index < -0.39 is 17.7 Å². The van der Waals surface area contributed by atoms with E-state index in [1.165, 1.54) is 28.0 Å². The fraction of sp³-hybridized carbons (Fsp3) is 0.235. The maximum absolute atomic E-state index is 13.8. The Labute approximate surface area is 279 Å². The molecule has 6 rings (SSSR count). The van der Waals surface area contributed by atoms with Crippen molar-refractivity contribution < 1.29 is 28.9 Å². The number of ether oxygens (including phenoxy) is 3. The van der Waals surface area contributed by atoms with Gasteiger partial charge in [0, 0.05) is 22.8 Å². The van der Waals surface area contributed by atoms with Crippen LogP contribution in [-0.4, -0.2) is 46.3 Å². The molecule has 1 fully saturated rings. The molecule has 2 atom stereocenters. The number of Topliss-reactive ketones (excluding diaryl/α,β-unsaturated/α-hetero) is 1. The molecule has 12 heteroatoms. The molecule has 0 aliphatic carbocycles. The number of fused-ring (bicyclic) bond motifs is 1. The third-order valence-electron chi connectivity index (χ3n) is 7.46. The zero-order valence-electron chi connectivity index (χ0n) is 25.1. The molecule has 0 spiro atoms. The summed E-state index contributed by atoms with van der Waals surface area (Å²) in [7, 11) is 0. The van der Waals surface area contributed by atoms with Gasteiger partial charge in [-0.3, -0.25) is 14.5 Å². The third kappa shape index (κ3) is 6.22. The average molecular weight is 676 g/mol. The monoisotopic (exact) mass is 675 g/mol. The molecule has 1 aromatic heterocycles. The van der Waals surface area contributed by atoms with Crippen LogP contribution in [0.25, 0.3) is 5.76 Å². The molecule has 2 aliphatic rings. The molecule has 2 aliphatic heterocycles. The summed E-state index contributed by atoms with van der Waals surface area (Å²) in [6, 6.07) is 16.9. The Morgan fingerprint density at radius 1 is 1.15 bits per heavy atom. The summed E-state index contributed by atoms with van der Waals surface area (Å²) in [6.45, 7) is 8.13. The first-order valence-electron chi connectivity index (χ1n) is 14.6. The van der Waals surface area contributed by atoms with E-state index in [4.69, 9.17) is 25.8 Å². The van der Waals surface area contributed by atoms with Gasteiger partial charge in [0.25, 0.3) is 5.78 Å². The molecule has 46 heavy (non-hydrogen) atoms. The predicted molar refractivity (Wildman–Crippen MR) is 179 cm³/mol. The number of halogens is 1. The molecule has 4 aromatic rings. The number of aliphatic hydroxyl groups is 1. The van der Waals surface area contributed by atoms with Gasteiger partial charge in [0.05, 0.1) is 18.2 Å². The van der Waals surface area contributed by atoms with E-state index in [-0.39, 0.29) is 29.2 Å². The van der Waals surface area contributed by atoms with E-state index in [1.54, 1.807) is 42.5 Å². The highest BCUT2D eigenvalue weighted by Gasteiger charge is 2.48. The van der Waals surface area contributed by atoms with Gasteiger partial charge < -0.3 is 19.3 Å². The normalized spacial score (nSPS) is 18.4. The van der Waals surface area contributed by atoms with Crippen molar-refractivity contribution >= 4 is 57.3 Å². The van der Waals surface area contributed by atoms with Crippen LogP contribution in [0.15, 0.2) is 83.2 Å². The van der Waals surface area contributed by atoms with Crippen LogP contribution in [-0.2, 0) is 21.8 Å². The van der Waals surface area contributed by atoms with Crippen LogP contribution < -0.4 is 19.1 Å². The SMILES string of the molecule is C=CCOc1ccc([C@@H]2/C(=C(\O)c3ccc4c(c3)C[C@H](C)O4)C(=O)C(=O)N2c2nnc(SCc3ccccc3Cl)s2)cc1OCC. The lowest BCUT2D eigenvalue weighted by molar-refractivity contribution is -0.132. The molecule has 1 saturated heterocycles. The Bertz CT molecular complexity index is 1860. The fourth-order valence-corrected chi connectivity index (χ4v) is 7.57. The summed E-state index contributed by atoms with van der Waals surface area (Å²) in [5, 5.41) is 21.2. The summed E-state index contributed by atoms with van der Waals surface area (Å²) in [5.41, 5.74) is 2.70. The minimum Gasteiger partial charge on any atom is -0.507 e. The molecule has 3 aromatic carbocycles. The number of aliphatic hydroxyl groups excluding tert-OH is 1. The largest absolute Gasteiger partial charge is 0.507 e. The van der Waals surface area contributed by atoms with Crippen molar-refractivity contribution in [3.05, 3.63) is 106 Å². The molecule has 1 amide bonds. The van der Waals surface area contributed by atoms with Crippen molar-refractivity contribution in [2.24, 2.45) is 0 Å². The summed E-state index contributed by atoms with van der Waals surface area (Å²) in [6.07, 6.45) is 2.29. The number of rotatable bonds is 11. The Balaban J connectivity index is 1.43. The van der Waals surface area contributed by atoms with Gasteiger partial charge in [0.1, 0.15) is 24.2 Å². The lowest BCUT2D eigenvalue weighted by Gasteiger charge is -2.23. The van der Waals surface area contributed by atoms with Gasteiger partial charge in [-0.15, -0.1) is 10.2 Å². The number of hydrogen-bond acceptors (Lipinski definition) is 10. The molecule has 236 valence electrons. The van der Waals surface area contributed by atoms with Crippen molar-refractivity contribution in [1.29, 1.82) is 0 Å². The minimum atomic E-state index is -1.02. The average Bonchev–Trinajstić information content (AvgIpc) is 3.74. The predicted octanol–water partition coefficient (Wildman–Crippen LogP) is 7.40. The third-order valence-corrected chi connectivity index (χ3v) is 9.94. The first-order valence-corrected chi connectivity index (χ1v) is 16.8. The summed E-state index contributed by atoms with van der Waals surface area (Å²) in [5.74, 6) is 0.213. The zero-order valence-corrected chi connectivity index (χ0v) is 27.5. The molecule has 0 bridgehead atoms. The molecule has 1 N–H and O–H groups in total. The quantitative estimate of drug-likeness (QED) is 0.0434. The van der Waals surface area contributed by atoms with Gasteiger partial charge in [0.15, 0.2) is 15.8 Å². The number of nitrogens with zero attached hydrogens (tertiary/aromatic N) is 3. The second-order valence-corrected chi connectivity index (χ2v) is 13.2. The van der Waals surface area contributed by atoms with E-state index in [0.29, 0.717) is 50.8 Å². The number of hydrogen-bond donors (Lipinski definition) is 1. The number of ketones is 1. The Kier molecular flexibility index (Phi) is 9.34. The van der Waals surface area contributed by atoms with Crippen molar-refractivity contribution in [2.75, 3.05) is 18.1 Å². The Morgan fingerprint density at radius 3 is 2.76 bits per heavy atom. The number of carbonyl (C=O) groups excluding carboxylic acids is 2. The van der Waals surface area contributed by atoms with Crippen LogP contribution in [0.4, 0.5) is 5.13 Å². The van der Waals surface area contributed by atoms with Crippen LogP contribution >= 0.6 is 34.7 Å². The molecule has 0 radical (unpaired) electrons. The van der Waals surface area contributed by atoms with E-state index >= 15 is 0 Å². The first kappa shape index (κ1) is 31.7. The molecular formula is C34H30ClN3O6S2. The second kappa shape index (κ2) is 13.6. The van der Waals surface area contributed by atoms with Gasteiger partial charge in [0.2, 0.25) is 5.13 Å². The highest BCUT2D eigenvalue weighted by atomic mass is 35.5.